The number of ether oxygens (including phenoxy) is 1. The van der Waals surface area contributed by atoms with Crippen LogP contribution in [0.5, 0.6) is 0 Å². The highest BCUT2D eigenvalue weighted by Gasteiger charge is 2.28. The van der Waals surface area contributed by atoms with Crippen molar-refractivity contribution in [1.29, 1.82) is 0 Å². The minimum atomic E-state index is 0.212. The van der Waals surface area contributed by atoms with E-state index in [-0.39, 0.29) is 5.92 Å². The summed E-state index contributed by atoms with van der Waals surface area (Å²) in [7, 11) is 0. The van der Waals surface area contributed by atoms with E-state index in [1.807, 2.05) is 4.90 Å². The lowest BCUT2D eigenvalue weighted by molar-refractivity contribution is -0.139. The van der Waals surface area contributed by atoms with Gasteiger partial charge in [0.2, 0.25) is 5.91 Å². The highest BCUT2D eigenvalue weighted by atomic mass is 16.5. The molecule has 0 spiro atoms. The second kappa shape index (κ2) is 4.94. The molecule has 0 aromatic carbocycles. The van der Waals surface area contributed by atoms with E-state index in [0.717, 1.165) is 45.7 Å². The fourth-order valence-electron chi connectivity index (χ4n) is 2.34. The van der Waals surface area contributed by atoms with Gasteiger partial charge in [-0.25, -0.2) is 0 Å². The van der Waals surface area contributed by atoms with Crippen LogP contribution in [0.2, 0.25) is 0 Å². The first-order valence-corrected chi connectivity index (χ1v) is 5.87. The number of amides is 1. The van der Waals surface area contributed by atoms with E-state index >= 15 is 0 Å². The van der Waals surface area contributed by atoms with Gasteiger partial charge in [0.25, 0.3) is 0 Å². The molecule has 0 aliphatic carbocycles. The van der Waals surface area contributed by atoms with Gasteiger partial charge in [0.05, 0.1) is 0 Å². The van der Waals surface area contributed by atoms with Crippen LogP contribution in [0.15, 0.2) is 0 Å². The molecule has 0 aromatic heterocycles. The molecule has 2 aliphatic heterocycles. The zero-order chi connectivity index (χ0) is 10.7. The van der Waals surface area contributed by atoms with Crippen molar-refractivity contribution in [3.63, 3.8) is 0 Å². The van der Waals surface area contributed by atoms with Crippen molar-refractivity contribution in [2.24, 2.45) is 5.92 Å². The van der Waals surface area contributed by atoms with E-state index in [9.17, 15) is 4.79 Å². The van der Waals surface area contributed by atoms with Crippen LogP contribution in [-0.2, 0) is 9.53 Å². The first-order valence-electron chi connectivity index (χ1n) is 5.87. The minimum Gasteiger partial charge on any atom is -0.381 e. The number of rotatable bonds is 1. The molecule has 2 aliphatic rings. The zero-order valence-corrected chi connectivity index (χ0v) is 9.37. The molecule has 2 heterocycles. The molecule has 0 radical (unpaired) electrons. The molecule has 0 saturated carbocycles. The van der Waals surface area contributed by atoms with E-state index in [0.29, 0.717) is 11.9 Å². The molecule has 4 nitrogen and oxygen atoms in total. The molecule has 2 fully saturated rings. The van der Waals surface area contributed by atoms with E-state index in [1.54, 1.807) is 0 Å². The summed E-state index contributed by atoms with van der Waals surface area (Å²) in [6, 6.07) is 0.433. The highest BCUT2D eigenvalue weighted by molar-refractivity contribution is 5.79. The summed E-state index contributed by atoms with van der Waals surface area (Å²) in [5, 5.41) is 3.35. The number of hydrogen-bond acceptors (Lipinski definition) is 3. The average Bonchev–Trinajstić information content (AvgIpc) is 2.29. The Morgan fingerprint density at radius 2 is 2.13 bits per heavy atom. The van der Waals surface area contributed by atoms with Gasteiger partial charge in [-0.15, -0.1) is 0 Å². The third-order valence-corrected chi connectivity index (χ3v) is 3.25. The van der Waals surface area contributed by atoms with Crippen LogP contribution in [0.4, 0.5) is 0 Å². The molecule has 1 amide bonds. The Balaban J connectivity index is 1.88. The predicted octanol–water partition coefficient (Wildman–Crippen LogP) is 0.233. The molecular formula is C11H20N2O2. The SMILES string of the molecule is C[C@H]1CN(C(=O)C2CCOCC2)CCN1. The highest BCUT2D eigenvalue weighted by Crippen LogP contribution is 2.18. The van der Waals surface area contributed by atoms with Crippen LogP contribution in [-0.4, -0.2) is 49.7 Å². The third kappa shape index (κ3) is 2.69. The van der Waals surface area contributed by atoms with Gasteiger partial charge in [-0.1, -0.05) is 0 Å². The van der Waals surface area contributed by atoms with E-state index in [2.05, 4.69) is 12.2 Å². The van der Waals surface area contributed by atoms with Gasteiger partial charge in [-0.05, 0) is 19.8 Å². The van der Waals surface area contributed by atoms with Crippen molar-refractivity contribution >= 4 is 5.91 Å². The second-order valence-corrected chi connectivity index (χ2v) is 4.53. The number of nitrogens with zero attached hydrogens (tertiary/aromatic N) is 1. The third-order valence-electron chi connectivity index (χ3n) is 3.25. The fraction of sp³-hybridized carbons (Fsp3) is 0.909. The molecule has 0 unspecified atom stereocenters. The Morgan fingerprint density at radius 1 is 1.40 bits per heavy atom. The molecule has 1 N–H and O–H groups in total. The molecule has 4 heteroatoms. The standard InChI is InChI=1S/C11H20N2O2/c1-9-8-13(5-4-12-9)11(14)10-2-6-15-7-3-10/h9-10,12H,2-8H2,1H3/t9-/m0/s1. The van der Waals surface area contributed by atoms with Gasteiger partial charge in [0.1, 0.15) is 0 Å². The van der Waals surface area contributed by atoms with Crippen molar-refractivity contribution in [3.8, 4) is 0 Å². The van der Waals surface area contributed by atoms with Gasteiger partial charge < -0.3 is 15.0 Å². The summed E-state index contributed by atoms with van der Waals surface area (Å²) in [6.07, 6.45) is 1.80. The van der Waals surface area contributed by atoms with Crippen molar-refractivity contribution in [1.82, 2.24) is 10.2 Å². The van der Waals surface area contributed by atoms with Gasteiger partial charge in [0.15, 0.2) is 0 Å². The normalized spacial score (nSPS) is 29.1. The number of hydrogen-bond donors (Lipinski definition) is 1. The van der Waals surface area contributed by atoms with E-state index in [4.69, 9.17) is 4.74 Å². The van der Waals surface area contributed by atoms with Gasteiger partial charge in [-0.3, -0.25) is 4.79 Å². The molecule has 0 bridgehead atoms. The Labute approximate surface area is 91.0 Å². The lowest BCUT2D eigenvalue weighted by Gasteiger charge is -2.35. The summed E-state index contributed by atoms with van der Waals surface area (Å²) in [5.41, 5.74) is 0. The maximum atomic E-state index is 12.1. The van der Waals surface area contributed by atoms with E-state index in [1.165, 1.54) is 0 Å². The molecule has 1 atom stereocenters. The fourth-order valence-corrected chi connectivity index (χ4v) is 2.34. The van der Waals surface area contributed by atoms with Crippen molar-refractivity contribution in [2.75, 3.05) is 32.8 Å². The Hall–Kier alpha value is -0.610. The summed E-state index contributed by atoms with van der Waals surface area (Å²) in [6.45, 7) is 6.27. The minimum absolute atomic E-state index is 0.212. The van der Waals surface area contributed by atoms with Crippen LogP contribution in [0, 0.1) is 5.92 Å². The molecule has 2 rings (SSSR count). The van der Waals surface area contributed by atoms with Crippen molar-refractivity contribution in [2.45, 2.75) is 25.8 Å². The van der Waals surface area contributed by atoms with Crippen LogP contribution in [0.25, 0.3) is 0 Å². The first-order chi connectivity index (χ1) is 7.27. The lowest BCUT2D eigenvalue weighted by atomic mass is 9.98. The van der Waals surface area contributed by atoms with Gasteiger partial charge >= 0.3 is 0 Å². The maximum absolute atomic E-state index is 12.1. The molecule has 15 heavy (non-hydrogen) atoms. The van der Waals surface area contributed by atoms with Crippen LogP contribution in [0.3, 0.4) is 0 Å². The van der Waals surface area contributed by atoms with Crippen molar-refractivity contribution in [3.05, 3.63) is 0 Å². The second-order valence-electron chi connectivity index (χ2n) is 4.53. The molecular weight excluding hydrogens is 192 g/mol. The molecule has 2 saturated heterocycles. The van der Waals surface area contributed by atoms with Crippen LogP contribution in [0.1, 0.15) is 19.8 Å². The van der Waals surface area contributed by atoms with Gasteiger partial charge in [-0.2, -0.15) is 0 Å². The quantitative estimate of drug-likeness (QED) is 0.676. The molecule has 86 valence electrons. The Bertz CT molecular complexity index is 227. The summed E-state index contributed by atoms with van der Waals surface area (Å²) in [4.78, 5) is 14.2. The number of piperazine rings is 1. The number of carbonyl (C=O) groups is 1. The maximum Gasteiger partial charge on any atom is 0.225 e. The average molecular weight is 212 g/mol. The monoisotopic (exact) mass is 212 g/mol. The zero-order valence-electron chi connectivity index (χ0n) is 9.37. The largest absolute Gasteiger partial charge is 0.381 e. The number of nitrogens with one attached hydrogen (secondary N) is 1. The summed E-state index contributed by atoms with van der Waals surface area (Å²) >= 11 is 0. The predicted molar refractivity (Wildman–Crippen MR) is 57.6 cm³/mol. The molecule has 0 aromatic rings. The smallest absolute Gasteiger partial charge is 0.225 e. The first kappa shape index (κ1) is 10.9. The Morgan fingerprint density at radius 3 is 2.80 bits per heavy atom. The van der Waals surface area contributed by atoms with Crippen LogP contribution < -0.4 is 5.32 Å². The Kier molecular flexibility index (Phi) is 3.59. The lowest BCUT2D eigenvalue weighted by Crippen LogP contribution is -2.53. The topological polar surface area (TPSA) is 41.6 Å². The van der Waals surface area contributed by atoms with Gasteiger partial charge in [0, 0.05) is 44.8 Å². The van der Waals surface area contributed by atoms with Crippen LogP contribution >= 0.6 is 0 Å². The van der Waals surface area contributed by atoms with Crippen molar-refractivity contribution < 1.29 is 9.53 Å². The summed E-state index contributed by atoms with van der Waals surface area (Å²) in [5.74, 6) is 0.552. The summed E-state index contributed by atoms with van der Waals surface area (Å²) < 4.78 is 5.28. The van der Waals surface area contributed by atoms with E-state index < -0.39 is 0 Å². The number of carbonyl (C=O) groups excluding carboxylic acids is 1.